The van der Waals surface area contributed by atoms with Crippen molar-refractivity contribution in [3.05, 3.63) is 0 Å². The van der Waals surface area contributed by atoms with Gasteiger partial charge in [0, 0.05) is 34.1 Å². The summed E-state index contributed by atoms with van der Waals surface area (Å²) in [4.78, 5) is 4.71. The summed E-state index contributed by atoms with van der Waals surface area (Å²) in [7, 11) is -0.571. The lowest BCUT2D eigenvalue weighted by atomic mass is 10.2. The lowest BCUT2D eigenvalue weighted by Crippen LogP contribution is -2.36. The maximum absolute atomic E-state index is 11.2. The van der Waals surface area contributed by atoms with Gasteiger partial charge in [-0.1, -0.05) is 11.8 Å². The zero-order chi connectivity index (χ0) is 10.7. The minimum atomic E-state index is -0.571. The molecule has 5 heteroatoms. The summed E-state index contributed by atoms with van der Waals surface area (Å²) in [5.41, 5.74) is 0. The van der Waals surface area contributed by atoms with Crippen molar-refractivity contribution in [2.24, 2.45) is 4.99 Å². The van der Waals surface area contributed by atoms with E-state index < -0.39 is 10.8 Å². The Labute approximate surface area is 98.0 Å². The van der Waals surface area contributed by atoms with Gasteiger partial charge in [-0.2, -0.15) is 0 Å². The summed E-state index contributed by atoms with van der Waals surface area (Å²) in [6, 6.07) is 0.964. The summed E-state index contributed by atoms with van der Waals surface area (Å²) >= 11 is 1.82. The molecule has 2 rings (SSSR count). The minimum Gasteiger partial charge on any atom is -0.362 e. The van der Waals surface area contributed by atoms with Crippen LogP contribution in [0.5, 0.6) is 0 Å². The number of rotatable bonds is 1. The highest BCUT2D eigenvalue weighted by molar-refractivity contribution is 8.13. The van der Waals surface area contributed by atoms with Crippen LogP contribution in [0, 0.1) is 0 Å². The molecular weight excluding hydrogens is 228 g/mol. The van der Waals surface area contributed by atoms with Crippen molar-refractivity contribution in [1.82, 2.24) is 5.32 Å². The Morgan fingerprint density at radius 2 is 2.13 bits per heavy atom. The fraction of sp³-hybridized carbons (Fsp3) is 0.900. The van der Waals surface area contributed by atoms with Gasteiger partial charge in [0.2, 0.25) is 0 Å². The molecule has 0 spiro atoms. The molecule has 2 saturated heterocycles. The van der Waals surface area contributed by atoms with Gasteiger partial charge in [-0.05, 0) is 26.2 Å². The van der Waals surface area contributed by atoms with Gasteiger partial charge in [0.05, 0.1) is 6.04 Å². The first-order valence-electron chi connectivity index (χ1n) is 5.56. The van der Waals surface area contributed by atoms with Crippen molar-refractivity contribution in [1.29, 1.82) is 0 Å². The highest BCUT2D eigenvalue weighted by Crippen LogP contribution is 2.18. The Balaban J connectivity index is 1.88. The van der Waals surface area contributed by atoms with Crippen LogP contribution in [0.2, 0.25) is 0 Å². The molecule has 0 aromatic carbocycles. The van der Waals surface area contributed by atoms with Gasteiger partial charge in [-0.25, -0.2) is 0 Å². The molecule has 0 aromatic rings. The summed E-state index contributed by atoms with van der Waals surface area (Å²) in [5.74, 6) is 2.84. The summed E-state index contributed by atoms with van der Waals surface area (Å²) in [6.07, 6.45) is 3.21. The molecule has 0 amide bonds. The molecule has 0 aliphatic carbocycles. The number of amidine groups is 1. The number of hydrogen-bond acceptors (Lipinski definition) is 3. The average molecular weight is 246 g/mol. The Morgan fingerprint density at radius 3 is 2.80 bits per heavy atom. The van der Waals surface area contributed by atoms with Crippen molar-refractivity contribution >= 4 is 27.7 Å². The molecule has 2 heterocycles. The van der Waals surface area contributed by atoms with Crippen LogP contribution in [0.1, 0.15) is 26.2 Å². The van der Waals surface area contributed by atoms with Crippen LogP contribution >= 0.6 is 11.8 Å². The van der Waals surface area contributed by atoms with E-state index in [-0.39, 0.29) is 0 Å². The molecule has 15 heavy (non-hydrogen) atoms. The van der Waals surface area contributed by atoms with E-state index in [0.29, 0.717) is 12.1 Å². The van der Waals surface area contributed by atoms with Crippen LogP contribution in [0.25, 0.3) is 0 Å². The fourth-order valence-corrected chi connectivity index (χ4v) is 4.25. The zero-order valence-electron chi connectivity index (χ0n) is 9.07. The molecular formula is C10H18N2OS2. The molecule has 0 bridgehead atoms. The molecule has 2 fully saturated rings. The van der Waals surface area contributed by atoms with Gasteiger partial charge < -0.3 is 5.32 Å². The first-order chi connectivity index (χ1) is 7.24. The van der Waals surface area contributed by atoms with Crippen molar-refractivity contribution in [2.45, 2.75) is 38.3 Å². The van der Waals surface area contributed by atoms with Crippen LogP contribution in [-0.2, 0) is 10.8 Å². The largest absolute Gasteiger partial charge is 0.362 e. The zero-order valence-corrected chi connectivity index (χ0v) is 10.7. The molecule has 0 saturated carbocycles. The van der Waals surface area contributed by atoms with Gasteiger partial charge in [0.15, 0.2) is 5.17 Å². The molecule has 2 aliphatic rings. The second-order valence-electron chi connectivity index (χ2n) is 4.20. The van der Waals surface area contributed by atoms with Crippen molar-refractivity contribution < 1.29 is 4.21 Å². The van der Waals surface area contributed by atoms with E-state index in [1.165, 1.54) is 12.2 Å². The van der Waals surface area contributed by atoms with E-state index in [0.717, 1.165) is 29.5 Å². The van der Waals surface area contributed by atoms with Crippen LogP contribution in [0.3, 0.4) is 0 Å². The SMILES string of the molecule is CC1CCSC(=NC2CCS(=O)CC2)N1. The Hall–Kier alpha value is -0.0300. The van der Waals surface area contributed by atoms with E-state index in [9.17, 15) is 4.21 Å². The summed E-state index contributed by atoms with van der Waals surface area (Å²) in [6.45, 7) is 2.20. The first-order valence-corrected chi connectivity index (χ1v) is 8.03. The highest BCUT2D eigenvalue weighted by Gasteiger charge is 2.19. The third-order valence-corrected chi connectivity index (χ3v) is 5.14. The molecule has 1 N–H and O–H groups in total. The van der Waals surface area contributed by atoms with Crippen LogP contribution in [0.4, 0.5) is 0 Å². The maximum atomic E-state index is 11.2. The summed E-state index contributed by atoms with van der Waals surface area (Å²) in [5, 5.41) is 4.52. The third kappa shape index (κ3) is 3.48. The number of nitrogens with zero attached hydrogens (tertiary/aromatic N) is 1. The lowest BCUT2D eigenvalue weighted by molar-refractivity contribution is 0.589. The highest BCUT2D eigenvalue weighted by atomic mass is 32.2. The van der Waals surface area contributed by atoms with E-state index in [1.807, 2.05) is 11.8 Å². The summed E-state index contributed by atoms with van der Waals surface area (Å²) < 4.78 is 11.2. The smallest absolute Gasteiger partial charge is 0.157 e. The van der Waals surface area contributed by atoms with E-state index >= 15 is 0 Å². The monoisotopic (exact) mass is 246 g/mol. The van der Waals surface area contributed by atoms with Crippen LogP contribution in [0.15, 0.2) is 4.99 Å². The predicted octanol–water partition coefficient (Wildman–Crippen LogP) is 1.37. The number of hydrogen-bond donors (Lipinski definition) is 1. The quantitative estimate of drug-likeness (QED) is 0.760. The van der Waals surface area contributed by atoms with E-state index in [2.05, 4.69) is 12.2 Å². The Morgan fingerprint density at radius 1 is 1.40 bits per heavy atom. The predicted molar refractivity (Wildman–Crippen MR) is 68.0 cm³/mol. The minimum absolute atomic E-state index is 0.406. The normalized spacial score (nSPS) is 40.1. The number of thioether (sulfide) groups is 1. The average Bonchev–Trinajstić information content (AvgIpc) is 2.22. The van der Waals surface area contributed by atoms with Gasteiger partial charge in [0.25, 0.3) is 0 Å². The molecule has 0 radical (unpaired) electrons. The van der Waals surface area contributed by atoms with Crippen molar-refractivity contribution in [2.75, 3.05) is 17.3 Å². The maximum Gasteiger partial charge on any atom is 0.157 e. The number of nitrogens with one attached hydrogen (secondary N) is 1. The molecule has 2 aliphatic heterocycles. The standard InChI is InChI=1S/C10H18N2OS2/c1-8-2-5-14-10(11-8)12-9-3-6-15(13)7-4-9/h8-9H,2-7H2,1H3,(H,11,12). The van der Waals surface area contributed by atoms with Gasteiger partial charge in [0.1, 0.15) is 0 Å². The topological polar surface area (TPSA) is 41.5 Å². The molecule has 86 valence electrons. The van der Waals surface area contributed by atoms with E-state index in [4.69, 9.17) is 4.99 Å². The Bertz CT molecular complexity index is 271. The van der Waals surface area contributed by atoms with Crippen molar-refractivity contribution in [3.63, 3.8) is 0 Å². The lowest BCUT2D eigenvalue weighted by Gasteiger charge is -2.24. The first kappa shape index (κ1) is 11.5. The van der Waals surface area contributed by atoms with Gasteiger partial charge in [-0.3, -0.25) is 9.20 Å². The van der Waals surface area contributed by atoms with E-state index in [1.54, 1.807) is 0 Å². The second kappa shape index (κ2) is 5.34. The third-order valence-electron chi connectivity index (χ3n) is 2.82. The molecule has 1 unspecified atom stereocenters. The Kier molecular flexibility index (Phi) is 4.08. The molecule has 3 nitrogen and oxygen atoms in total. The van der Waals surface area contributed by atoms with Crippen LogP contribution < -0.4 is 5.32 Å². The van der Waals surface area contributed by atoms with Gasteiger partial charge in [-0.15, -0.1) is 0 Å². The second-order valence-corrected chi connectivity index (χ2v) is 6.98. The molecule has 1 atom stereocenters. The number of aliphatic imine (C=N–C) groups is 1. The van der Waals surface area contributed by atoms with Gasteiger partial charge >= 0.3 is 0 Å². The molecule has 0 aromatic heterocycles. The van der Waals surface area contributed by atoms with Crippen molar-refractivity contribution in [3.8, 4) is 0 Å². The fourth-order valence-electron chi connectivity index (χ4n) is 1.81. The van der Waals surface area contributed by atoms with Crippen LogP contribution in [-0.4, -0.2) is 38.7 Å².